The predicted molar refractivity (Wildman–Crippen MR) is 222 cm³/mol. The van der Waals surface area contributed by atoms with E-state index in [2.05, 4.69) is 31.5 Å². The van der Waals surface area contributed by atoms with E-state index in [1.807, 2.05) is 58.0 Å². The van der Waals surface area contributed by atoms with Gasteiger partial charge in [0.2, 0.25) is 5.91 Å². The van der Waals surface area contributed by atoms with Gasteiger partial charge in [-0.05, 0) is 113 Å². The molecule has 3 aromatic carbocycles. The number of imide groups is 1. The molecule has 0 aliphatic rings. The number of pyridine rings is 1. The van der Waals surface area contributed by atoms with E-state index in [0.29, 0.717) is 22.1 Å². The molecule has 0 spiro atoms. The summed E-state index contributed by atoms with van der Waals surface area (Å²) in [6.45, 7) is 18.7. The first-order chi connectivity index (χ1) is 25.8. The lowest BCUT2D eigenvalue weighted by Gasteiger charge is -2.28. The number of carbonyl (C=O) groups excluding carboxylic acids is 4. The number of nitrogens with zero attached hydrogens (tertiary/aromatic N) is 3. The van der Waals surface area contributed by atoms with Gasteiger partial charge in [0, 0.05) is 46.9 Å². The Hall–Kier alpha value is -5.17. The van der Waals surface area contributed by atoms with E-state index in [1.54, 1.807) is 89.9 Å². The smallest absolute Gasteiger partial charge is 0.425 e. The molecule has 4 aromatic rings. The maximum absolute atomic E-state index is 13.2. The van der Waals surface area contributed by atoms with E-state index in [1.165, 1.54) is 6.20 Å². The summed E-state index contributed by atoms with van der Waals surface area (Å²) in [5.41, 5.74) is 2.49. The molecule has 4 amide bonds. The fourth-order valence-corrected chi connectivity index (χ4v) is 5.70. The highest BCUT2D eigenvalue weighted by atomic mass is 79.9. The Kier molecular flexibility index (Phi) is 15.6. The second-order valence-electron chi connectivity index (χ2n) is 14.8. The van der Waals surface area contributed by atoms with Crippen LogP contribution in [0.2, 0.25) is 0 Å². The van der Waals surface area contributed by atoms with Crippen molar-refractivity contribution in [1.29, 1.82) is 0 Å². The number of rotatable bonds is 10. The summed E-state index contributed by atoms with van der Waals surface area (Å²) < 4.78 is 17.3. The fraction of sp³-hybridized carbons (Fsp3) is 0.405. The SMILES string of the molecule is CC.Cc1ccccc1[C@@H](C)COC(=O)Nc1ccc(Br)c(CN(C)C(=O)CNc2ccc3c(N(C(=O)OC(C)(C)C)C(=O)OC(C)(C)C)nccc3c2)c1. The third-order valence-electron chi connectivity index (χ3n) is 7.86. The monoisotopic (exact) mass is 819 g/mol. The lowest BCUT2D eigenvalue weighted by molar-refractivity contribution is -0.128. The number of benzene rings is 3. The largest absolute Gasteiger partial charge is 0.449 e. The number of aromatic nitrogens is 1. The minimum atomic E-state index is -0.918. The molecule has 1 heterocycles. The number of ether oxygens (including phenoxy) is 3. The van der Waals surface area contributed by atoms with Crippen LogP contribution in [0, 0.1) is 6.92 Å². The summed E-state index contributed by atoms with van der Waals surface area (Å²) in [5.74, 6) is -0.0874. The minimum absolute atomic E-state index is 0.0111. The average Bonchev–Trinajstić information content (AvgIpc) is 3.10. The van der Waals surface area contributed by atoms with Crippen LogP contribution in [0.1, 0.15) is 84.9 Å². The highest BCUT2D eigenvalue weighted by Crippen LogP contribution is 2.30. The van der Waals surface area contributed by atoms with Crippen molar-refractivity contribution in [2.45, 2.75) is 92.9 Å². The quantitative estimate of drug-likeness (QED) is 0.150. The third kappa shape index (κ3) is 13.3. The number of fused-ring (bicyclic) bond motifs is 1. The van der Waals surface area contributed by atoms with Crippen LogP contribution in [0.15, 0.2) is 77.4 Å². The maximum Gasteiger partial charge on any atom is 0.425 e. The van der Waals surface area contributed by atoms with Gasteiger partial charge < -0.3 is 24.4 Å². The molecule has 0 saturated heterocycles. The first-order valence-electron chi connectivity index (χ1n) is 18.2. The van der Waals surface area contributed by atoms with Crippen LogP contribution in [0.3, 0.4) is 0 Å². The number of aryl methyl sites for hydroxylation is 1. The van der Waals surface area contributed by atoms with Gasteiger partial charge in [-0.1, -0.05) is 61.0 Å². The molecule has 0 unspecified atom stereocenters. The van der Waals surface area contributed by atoms with Crippen LogP contribution in [0.25, 0.3) is 10.8 Å². The lowest BCUT2D eigenvalue weighted by atomic mass is 9.97. The van der Waals surface area contributed by atoms with E-state index in [9.17, 15) is 19.2 Å². The summed E-state index contributed by atoms with van der Waals surface area (Å²) >= 11 is 3.55. The average molecular weight is 821 g/mol. The van der Waals surface area contributed by atoms with E-state index in [-0.39, 0.29) is 37.3 Å². The van der Waals surface area contributed by atoms with Crippen LogP contribution in [-0.4, -0.2) is 65.5 Å². The number of carbonyl (C=O) groups is 4. The minimum Gasteiger partial charge on any atom is -0.449 e. The molecule has 296 valence electrons. The van der Waals surface area contributed by atoms with E-state index in [0.717, 1.165) is 26.1 Å². The fourth-order valence-electron chi connectivity index (χ4n) is 5.33. The zero-order valence-corrected chi connectivity index (χ0v) is 35.3. The Morgan fingerprint density at radius 2 is 1.47 bits per heavy atom. The van der Waals surface area contributed by atoms with E-state index < -0.39 is 29.5 Å². The molecule has 12 nitrogen and oxygen atoms in total. The van der Waals surface area contributed by atoms with Crippen LogP contribution in [0.4, 0.5) is 31.6 Å². The van der Waals surface area contributed by atoms with Crippen molar-refractivity contribution in [2.24, 2.45) is 0 Å². The molecule has 0 radical (unpaired) electrons. The van der Waals surface area contributed by atoms with Gasteiger partial charge in [-0.3, -0.25) is 10.1 Å². The second kappa shape index (κ2) is 19.4. The van der Waals surface area contributed by atoms with Crippen LogP contribution in [0.5, 0.6) is 0 Å². The zero-order valence-electron chi connectivity index (χ0n) is 33.7. The van der Waals surface area contributed by atoms with Gasteiger partial charge in [-0.15, -0.1) is 0 Å². The molecule has 0 bridgehead atoms. The number of hydrogen-bond acceptors (Lipinski definition) is 9. The van der Waals surface area contributed by atoms with E-state index >= 15 is 0 Å². The lowest BCUT2D eigenvalue weighted by Crippen LogP contribution is -2.44. The molecule has 0 aliphatic heterocycles. The molecular weight excluding hydrogens is 766 g/mol. The van der Waals surface area contributed by atoms with Gasteiger partial charge in [-0.25, -0.2) is 19.4 Å². The Morgan fingerprint density at radius 1 is 0.855 bits per heavy atom. The number of halogens is 1. The van der Waals surface area contributed by atoms with Crippen LogP contribution in [-0.2, 0) is 25.5 Å². The van der Waals surface area contributed by atoms with Gasteiger partial charge in [0.1, 0.15) is 11.2 Å². The number of amides is 4. The summed E-state index contributed by atoms with van der Waals surface area (Å²) in [5, 5.41) is 7.10. The summed E-state index contributed by atoms with van der Waals surface area (Å²) in [6.07, 6.45) is -0.916. The maximum atomic E-state index is 13.2. The molecule has 13 heteroatoms. The van der Waals surface area contributed by atoms with Crippen molar-refractivity contribution < 1.29 is 33.4 Å². The molecule has 0 fully saturated rings. The highest BCUT2D eigenvalue weighted by molar-refractivity contribution is 9.10. The predicted octanol–water partition coefficient (Wildman–Crippen LogP) is 10.4. The third-order valence-corrected chi connectivity index (χ3v) is 8.63. The van der Waals surface area contributed by atoms with Crippen molar-refractivity contribution >= 4 is 68.1 Å². The van der Waals surface area contributed by atoms with Gasteiger partial charge >= 0.3 is 18.3 Å². The van der Waals surface area contributed by atoms with E-state index in [4.69, 9.17) is 14.2 Å². The van der Waals surface area contributed by atoms with Crippen LogP contribution < -0.4 is 15.5 Å². The van der Waals surface area contributed by atoms with Gasteiger partial charge in [0.05, 0.1) is 13.2 Å². The molecule has 4 rings (SSSR count). The molecular formula is C42H54BrN5O7. The Morgan fingerprint density at radius 3 is 2.09 bits per heavy atom. The summed E-state index contributed by atoms with van der Waals surface area (Å²) in [7, 11) is 1.69. The number of likely N-dealkylation sites (N-methyl/N-ethyl adjacent to an activating group) is 1. The Balaban J connectivity index is 0.00000399. The number of hydrogen-bond donors (Lipinski definition) is 2. The number of anilines is 3. The van der Waals surface area contributed by atoms with Crippen molar-refractivity contribution in [3.05, 3.63) is 94.1 Å². The normalized spacial score (nSPS) is 11.7. The number of nitrogens with one attached hydrogen (secondary N) is 2. The Bertz CT molecular complexity index is 1940. The molecule has 1 aromatic heterocycles. The zero-order chi connectivity index (χ0) is 41.1. The van der Waals surface area contributed by atoms with Gasteiger partial charge in [0.15, 0.2) is 5.82 Å². The summed E-state index contributed by atoms with van der Waals surface area (Å²) in [6, 6.07) is 20.3. The van der Waals surface area contributed by atoms with Crippen LogP contribution >= 0.6 is 15.9 Å². The molecule has 0 saturated carbocycles. The van der Waals surface area contributed by atoms with Crippen molar-refractivity contribution in [3.8, 4) is 0 Å². The van der Waals surface area contributed by atoms with Crippen molar-refractivity contribution in [3.63, 3.8) is 0 Å². The summed E-state index contributed by atoms with van der Waals surface area (Å²) in [4.78, 5) is 59.0. The van der Waals surface area contributed by atoms with Gasteiger partial charge in [-0.2, -0.15) is 4.90 Å². The first-order valence-corrected chi connectivity index (χ1v) is 19.0. The van der Waals surface area contributed by atoms with Crippen molar-refractivity contribution in [1.82, 2.24) is 9.88 Å². The first kappa shape index (κ1) is 44.2. The standard InChI is InChI=1S/C40H48BrN5O7.C2H6/c1-25-12-10-11-13-31(25)26(2)24-51-36(48)44-30-15-17-33(41)28(21-30)23-45(9)34(47)22-43-29-14-16-32-27(20-29)18-19-42-35(32)46(37(49)52-39(3,4)5)38(50)53-40(6,7)8;1-2/h10-21,26,43H,22-24H2,1-9H3,(H,44,48);1-2H3/t26-;/m0./s1. The molecule has 55 heavy (non-hydrogen) atoms. The molecule has 0 aliphatic carbocycles. The van der Waals surface area contributed by atoms with Crippen molar-refractivity contribution in [2.75, 3.05) is 35.7 Å². The topological polar surface area (TPSA) is 139 Å². The molecule has 2 N–H and O–H groups in total. The highest BCUT2D eigenvalue weighted by Gasteiger charge is 2.34. The second-order valence-corrected chi connectivity index (χ2v) is 15.6. The van der Waals surface area contributed by atoms with Gasteiger partial charge in [0.25, 0.3) is 0 Å². The Labute approximate surface area is 333 Å². The molecule has 1 atom stereocenters.